The van der Waals surface area contributed by atoms with Crippen molar-refractivity contribution in [2.75, 3.05) is 0 Å². The molecular formula is C10H8I2Ru-6. The average molecular weight is 483 g/mol. The third-order valence-corrected chi connectivity index (χ3v) is 4.18. The van der Waals surface area contributed by atoms with Gasteiger partial charge in [0, 0.05) is 19.5 Å². The molecule has 0 saturated carbocycles. The minimum atomic E-state index is 0. The predicted molar refractivity (Wildman–Crippen MR) is 69.5 cm³/mol. The standard InChI is InChI=1S/C5H3I2.C5H5.Ru/c6-4-2-1-3-5(4)7;1-2-4-5-3-1;/h1-3H;1-5H;/q-1;-5;. The molecular weight excluding hydrogens is 475 g/mol. The van der Waals surface area contributed by atoms with E-state index in [9.17, 15) is 0 Å². The summed E-state index contributed by atoms with van der Waals surface area (Å²) in [6, 6.07) is 16.3. The van der Waals surface area contributed by atoms with E-state index in [0.717, 1.165) is 0 Å². The van der Waals surface area contributed by atoms with Crippen LogP contribution >= 0.6 is 45.2 Å². The first-order valence-corrected chi connectivity index (χ1v) is 5.70. The second-order valence-electron chi connectivity index (χ2n) is 2.18. The molecule has 0 unspecified atom stereocenters. The van der Waals surface area contributed by atoms with E-state index in [4.69, 9.17) is 0 Å². The average Bonchev–Trinajstić information content (AvgIpc) is 2.67. The Balaban J connectivity index is 0.000000215. The van der Waals surface area contributed by atoms with Crippen LogP contribution in [0.2, 0.25) is 0 Å². The quantitative estimate of drug-likeness (QED) is 0.302. The molecule has 0 aliphatic heterocycles. The van der Waals surface area contributed by atoms with Gasteiger partial charge >= 0.3 is 0 Å². The van der Waals surface area contributed by atoms with Gasteiger partial charge < -0.3 is 30.3 Å². The van der Waals surface area contributed by atoms with Crippen LogP contribution in [-0.2, 0) is 19.5 Å². The third-order valence-electron chi connectivity index (χ3n) is 1.27. The molecule has 0 aliphatic carbocycles. The zero-order valence-corrected chi connectivity index (χ0v) is 12.8. The molecule has 2 aromatic carbocycles. The Bertz CT molecular complexity index is 265. The van der Waals surface area contributed by atoms with Crippen molar-refractivity contribution >= 4 is 45.2 Å². The van der Waals surface area contributed by atoms with Crippen molar-refractivity contribution in [2.45, 2.75) is 0 Å². The van der Waals surface area contributed by atoms with E-state index in [-0.39, 0.29) is 19.5 Å². The van der Waals surface area contributed by atoms with Crippen molar-refractivity contribution in [3.8, 4) is 0 Å². The van der Waals surface area contributed by atoms with Crippen molar-refractivity contribution < 1.29 is 19.5 Å². The summed E-state index contributed by atoms with van der Waals surface area (Å²) in [4.78, 5) is 0. The molecule has 0 radical (unpaired) electrons. The zero-order valence-electron chi connectivity index (χ0n) is 6.73. The van der Waals surface area contributed by atoms with Crippen LogP contribution in [0.4, 0.5) is 0 Å². The first kappa shape index (κ1) is 13.8. The summed E-state index contributed by atoms with van der Waals surface area (Å²) < 4.78 is 2.69. The third kappa shape index (κ3) is 5.97. The molecule has 0 heterocycles. The summed E-state index contributed by atoms with van der Waals surface area (Å²) in [5, 5.41) is 0. The Kier molecular flexibility index (Phi) is 8.61. The number of hydrogen-bond donors (Lipinski definition) is 0. The molecule has 2 rings (SSSR count). The van der Waals surface area contributed by atoms with E-state index in [1.165, 1.54) is 7.14 Å². The van der Waals surface area contributed by atoms with Crippen molar-refractivity contribution in [1.82, 2.24) is 0 Å². The van der Waals surface area contributed by atoms with Gasteiger partial charge in [-0.15, -0.1) is 22.6 Å². The molecule has 0 N–H and O–H groups in total. The molecule has 0 spiro atoms. The molecule has 3 heteroatoms. The van der Waals surface area contributed by atoms with Crippen LogP contribution in [0, 0.1) is 7.14 Å². The summed E-state index contributed by atoms with van der Waals surface area (Å²) >= 11 is 4.62. The number of halogens is 2. The van der Waals surface area contributed by atoms with Crippen molar-refractivity contribution in [1.29, 1.82) is 0 Å². The molecule has 76 valence electrons. The Morgan fingerprint density at radius 1 is 1.08 bits per heavy atom. The summed E-state index contributed by atoms with van der Waals surface area (Å²) in [5.41, 5.74) is 0. The number of rotatable bonds is 0. The molecule has 0 nitrogen and oxygen atoms in total. The van der Waals surface area contributed by atoms with Gasteiger partial charge in [-0.3, -0.25) is 0 Å². The molecule has 0 aromatic heterocycles. The molecule has 2 aromatic rings. The van der Waals surface area contributed by atoms with E-state index < -0.39 is 0 Å². The van der Waals surface area contributed by atoms with E-state index >= 15 is 0 Å². The molecule has 13 heavy (non-hydrogen) atoms. The Morgan fingerprint density at radius 3 is 1.69 bits per heavy atom. The molecule has 0 aliphatic rings. The Hall–Kier alpha value is 0.783. The summed E-state index contributed by atoms with van der Waals surface area (Å²) in [6.07, 6.45) is 0. The fourth-order valence-electron chi connectivity index (χ4n) is 0.697. The predicted octanol–water partition coefficient (Wildman–Crippen LogP) is 4.02. The van der Waals surface area contributed by atoms with Crippen LogP contribution in [0.5, 0.6) is 0 Å². The fraction of sp³-hybridized carbons (Fsp3) is 0. The van der Waals surface area contributed by atoms with Gasteiger partial charge in [0.25, 0.3) is 0 Å². The van der Waals surface area contributed by atoms with Gasteiger partial charge in [0.05, 0.1) is 0 Å². The van der Waals surface area contributed by atoms with Crippen molar-refractivity contribution in [2.24, 2.45) is 0 Å². The molecule has 0 amide bonds. The van der Waals surface area contributed by atoms with E-state index in [1.807, 2.05) is 30.3 Å². The summed E-state index contributed by atoms with van der Waals surface area (Å²) in [6.45, 7) is 0. The van der Waals surface area contributed by atoms with Crippen LogP contribution in [0.25, 0.3) is 0 Å². The monoisotopic (exact) mass is 484 g/mol. The van der Waals surface area contributed by atoms with Crippen LogP contribution in [0.3, 0.4) is 0 Å². The van der Waals surface area contributed by atoms with Crippen LogP contribution in [0.1, 0.15) is 0 Å². The van der Waals surface area contributed by atoms with Crippen molar-refractivity contribution in [3.63, 3.8) is 0 Å². The van der Waals surface area contributed by atoms with Gasteiger partial charge in [-0.25, -0.2) is 6.07 Å². The molecule has 0 atom stereocenters. The summed E-state index contributed by atoms with van der Waals surface area (Å²) in [7, 11) is 0. The minimum Gasteiger partial charge on any atom is -0.748 e. The van der Waals surface area contributed by atoms with Gasteiger partial charge in [0.2, 0.25) is 0 Å². The van der Waals surface area contributed by atoms with Gasteiger partial charge in [-0.1, -0.05) is 29.7 Å². The maximum Gasteiger partial charge on any atom is 0 e. The molecule has 0 saturated heterocycles. The van der Waals surface area contributed by atoms with E-state index in [1.54, 1.807) is 0 Å². The first-order chi connectivity index (χ1) is 5.80. The Labute approximate surface area is 119 Å². The molecule has 0 bridgehead atoms. The second kappa shape index (κ2) is 8.12. The second-order valence-corrected chi connectivity index (χ2v) is 4.51. The normalized spacial score (nSPS) is 8.15. The van der Waals surface area contributed by atoms with Crippen LogP contribution in [0.15, 0.2) is 48.5 Å². The van der Waals surface area contributed by atoms with Crippen molar-refractivity contribution in [3.05, 3.63) is 55.7 Å². The largest absolute Gasteiger partial charge is 0.748 e. The van der Waals surface area contributed by atoms with Gasteiger partial charge in [0.1, 0.15) is 0 Å². The van der Waals surface area contributed by atoms with Crippen LogP contribution in [-0.4, -0.2) is 0 Å². The van der Waals surface area contributed by atoms with Gasteiger partial charge in [-0.05, 0) is 0 Å². The van der Waals surface area contributed by atoms with Gasteiger partial charge in [0.15, 0.2) is 0 Å². The maximum atomic E-state index is 2.31. The zero-order chi connectivity index (χ0) is 8.81. The first-order valence-electron chi connectivity index (χ1n) is 3.54. The topological polar surface area (TPSA) is 0 Å². The number of hydrogen-bond acceptors (Lipinski definition) is 0. The van der Waals surface area contributed by atoms with E-state index in [0.29, 0.717) is 0 Å². The molecule has 0 fully saturated rings. The smallest absolute Gasteiger partial charge is 0 e. The van der Waals surface area contributed by atoms with Gasteiger partial charge in [-0.2, -0.15) is 12.1 Å². The SMILES string of the molecule is Ic1ccc[c-]1I.[Ru].[cH-]1[cH-][cH-][cH-][cH-]1. The minimum absolute atomic E-state index is 0. The van der Waals surface area contributed by atoms with Crippen LogP contribution < -0.4 is 0 Å². The fourth-order valence-corrected chi connectivity index (χ4v) is 1.47. The maximum absolute atomic E-state index is 2.31. The van der Waals surface area contributed by atoms with E-state index in [2.05, 4.69) is 63.4 Å². The Morgan fingerprint density at radius 2 is 1.54 bits per heavy atom. The summed E-state index contributed by atoms with van der Waals surface area (Å²) in [5.74, 6) is 0.